The van der Waals surface area contributed by atoms with Crippen LogP contribution < -0.4 is 0 Å². The fourth-order valence-corrected chi connectivity index (χ4v) is 4.80. The zero-order valence-corrected chi connectivity index (χ0v) is 19.2. The summed E-state index contributed by atoms with van der Waals surface area (Å²) >= 11 is 0. The lowest BCUT2D eigenvalue weighted by Gasteiger charge is -2.27. The van der Waals surface area contributed by atoms with Gasteiger partial charge in [-0.1, -0.05) is 54.6 Å². The van der Waals surface area contributed by atoms with Gasteiger partial charge in [-0.3, -0.25) is 0 Å². The highest BCUT2D eigenvalue weighted by molar-refractivity contribution is 5.87. The summed E-state index contributed by atoms with van der Waals surface area (Å²) in [4.78, 5) is 0. The van der Waals surface area contributed by atoms with E-state index in [9.17, 15) is 10.2 Å². The Morgan fingerprint density at radius 2 is 1.03 bits per heavy atom. The third-order valence-electron chi connectivity index (χ3n) is 6.95. The summed E-state index contributed by atoms with van der Waals surface area (Å²) in [5.74, 6) is 0.725. The first-order chi connectivity index (χ1) is 14.7. The van der Waals surface area contributed by atoms with Crippen LogP contribution in [-0.4, -0.2) is 10.2 Å². The van der Waals surface area contributed by atoms with Gasteiger partial charge >= 0.3 is 0 Å². The molecule has 0 heterocycles. The third-order valence-corrected chi connectivity index (χ3v) is 6.95. The standard InChI is InChI=1S/C29H30O2/c1-16-14-25(18(3)20(5)28(16)30)27(26-15-17(2)29(31)21(6)19(26)4)24-13-9-11-22-10-7-8-12-23(22)24/h7-15,27,30-31H,1-6H3. The van der Waals surface area contributed by atoms with Crippen molar-refractivity contribution in [3.63, 3.8) is 0 Å². The molecule has 0 aromatic heterocycles. The Kier molecular flexibility index (Phi) is 5.26. The van der Waals surface area contributed by atoms with E-state index in [4.69, 9.17) is 0 Å². The number of aromatic hydroxyl groups is 2. The van der Waals surface area contributed by atoms with Gasteiger partial charge in [-0.2, -0.15) is 0 Å². The maximum Gasteiger partial charge on any atom is 0.121 e. The van der Waals surface area contributed by atoms with Gasteiger partial charge in [-0.05, 0) is 102 Å². The summed E-state index contributed by atoms with van der Waals surface area (Å²) in [6.07, 6.45) is 0. The first kappa shape index (κ1) is 21.0. The summed E-state index contributed by atoms with van der Waals surface area (Å²) in [5, 5.41) is 23.5. The van der Waals surface area contributed by atoms with Gasteiger partial charge in [-0.25, -0.2) is 0 Å². The Morgan fingerprint density at radius 1 is 0.548 bits per heavy atom. The molecule has 0 radical (unpaired) electrons. The average Bonchev–Trinajstić information content (AvgIpc) is 2.77. The van der Waals surface area contributed by atoms with E-state index >= 15 is 0 Å². The molecule has 2 N–H and O–H groups in total. The second-order valence-corrected chi connectivity index (χ2v) is 8.76. The molecule has 0 unspecified atom stereocenters. The van der Waals surface area contributed by atoms with E-state index < -0.39 is 0 Å². The first-order valence-electron chi connectivity index (χ1n) is 10.8. The van der Waals surface area contributed by atoms with Gasteiger partial charge in [0.25, 0.3) is 0 Å². The van der Waals surface area contributed by atoms with E-state index in [1.165, 1.54) is 27.5 Å². The second kappa shape index (κ2) is 7.77. The number of hydrogen-bond acceptors (Lipinski definition) is 2. The van der Waals surface area contributed by atoms with Crippen LogP contribution in [0.1, 0.15) is 56.0 Å². The monoisotopic (exact) mass is 410 g/mol. The highest BCUT2D eigenvalue weighted by atomic mass is 16.3. The number of fused-ring (bicyclic) bond motifs is 1. The SMILES string of the molecule is Cc1cc(C(c2cc(C)c(O)c(C)c2C)c2cccc3ccccc23)c(C)c(C)c1O. The first-order valence-corrected chi connectivity index (χ1v) is 10.8. The summed E-state index contributed by atoms with van der Waals surface area (Å²) in [7, 11) is 0. The zero-order chi connectivity index (χ0) is 22.4. The van der Waals surface area contributed by atoms with Gasteiger partial charge in [0.15, 0.2) is 0 Å². The number of aryl methyl sites for hydroxylation is 2. The van der Waals surface area contributed by atoms with E-state index in [-0.39, 0.29) is 5.92 Å². The lowest BCUT2D eigenvalue weighted by Crippen LogP contribution is -2.10. The molecule has 0 atom stereocenters. The van der Waals surface area contributed by atoms with Gasteiger partial charge in [-0.15, -0.1) is 0 Å². The van der Waals surface area contributed by atoms with Crippen molar-refractivity contribution in [2.75, 3.05) is 0 Å². The molecule has 4 aromatic carbocycles. The highest BCUT2D eigenvalue weighted by Crippen LogP contribution is 2.43. The molecule has 0 bridgehead atoms. The minimum atomic E-state index is -0.0119. The lowest BCUT2D eigenvalue weighted by atomic mass is 9.77. The fraction of sp³-hybridized carbons (Fsp3) is 0.241. The van der Waals surface area contributed by atoms with Crippen molar-refractivity contribution < 1.29 is 10.2 Å². The fourth-order valence-electron chi connectivity index (χ4n) is 4.80. The molecule has 158 valence electrons. The average molecular weight is 411 g/mol. The predicted octanol–water partition coefficient (Wildman–Crippen LogP) is 7.28. The third kappa shape index (κ3) is 3.37. The number of hydrogen-bond donors (Lipinski definition) is 2. The van der Waals surface area contributed by atoms with Gasteiger partial charge in [0, 0.05) is 5.92 Å². The molecular formula is C29H30O2. The number of rotatable bonds is 3. The Bertz CT molecular complexity index is 1250. The van der Waals surface area contributed by atoms with Gasteiger partial charge in [0.05, 0.1) is 0 Å². The van der Waals surface area contributed by atoms with Crippen LogP contribution in [0.5, 0.6) is 11.5 Å². The van der Waals surface area contributed by atoms with Crippen molar-refractivity contribution in [1.82, 2.24) is 0 Å². The molecule has 0 fully saturated rings. The van der Waals surface area contributed by atoms with Gasteiger partial charge < -0.3 is 10.2 Å². The largest absolute Gasteiger partial charge is 0.507 e. The van der Waals surface area contributed by atoms with Crippen molar-refractivity contribution in [2.45, 2.75) is 47.5 Å². The minimum absolute atomic E-state index is 0.0119. The highest BCUT2D eigenvalue weighted by Gasteiger charge is 2.26. The van der Waals surface area contributed by atoms with E-state index in [0.29, 0.717) is 11.5 Å². The Hall–Kier alpha value is -3.26. The molecular weight excluding hydrogens is 380 g/mol. The zero-order valence-electron chi connectivity index (χ0n) is 19.2. The second-order valence-electron chi connectivity index (χ2n) is 8.76. The van der Waals surface area contributed by atoms with Crippen LogP contribution in [0.4, 0.5) is 0 Å². The normalized spacial score (nSPS) is 11.5. The molecule has 0 aliphatic rings. The van der Waals surface area contributed by atoms with Crippen LogP contribution in [0.2, 0.25) is 0 Å². The van der Waals surface area contributed by atoms with Crippen LogP contribution in [0.25, 0.3) is 10.8 Å². The molecule has 4 aromatic rings. The molecule has 0 aliphatic heterocycles. The van der Waals surface area contributed by atoms with E-state index in [1.54, 1.807) is 0 Å². The Balaban J connectivity index is 2.14. The van der Waals surface area contributed by atoms with E-state index in [1.807, 2.05) is 27.7 Å². The molecule has 2 heteroatoms. The van der Waals surface area contributed by atoms with E-state index in [2.05, 4.69) is 68.4 Å². The molecule has 2 nitrogen and oxygen atoms in total. The van der Waals surface area contributed by atoms with Crippen molar-refractivity contribution >= 4 is 10.8 Å². The summed E-state index contributed by atoms with van der Waals surface area (Å²) < 4.78 is 0. The summed E-state index contributed by atoms with van der Waals surface area (Å²) in [6.45, 7) is 12.1. The molecule has 0 spiro atoms. The molecule has 31 heavy (non-hydrogen) atoms. The molecule has 0 amide bonds. The van der Waals surface area contributed by atoms with Crippen LogP contribution in [0.15, 0.2) is 54.6 Å². The van der Waals surface area contributed by atoms with Crippen molar-refractivity contribution in [3.8, 4) is 11.5 Å². The quantitative estimate of drug-likeness (QED) is 0.348. The molecule has 0 aliphatic carbocycles. The van der Waals surface area contributed by atoms with Gasteiger partial charge in [0.1, 0.15) is 11.5 Å². The lowest BCUT2D eigenvalue weighted by molar-refractivity contribution is 0.465. The molecule has 0 saturated heterocycles. The number of phenolic OH excluding ortho intramolecular Hbond substituents is 2. The van der Waals surface area contributed by atoms with Crippen LogP contribution >= 0.6 is 0 Å². The Labute approximate surface area is 184 Å². The van der Waals surface area contributed by atoms with Crippen molar-refractivity contribution in [3.05, 3.63) is 105 Å². The molecule has 4 rings (SSSR count). The van der Waals surface area contributed by atoms with Crippen LogP contribution in [0.3, 0.4) is 0 Å². The summed E-state index contributed by atoms with van der Waals surface area (Å²) in [6, 6.07) is 19.2. The van der Waals surface area contributed by atoms with Crippen LogP contribution in [0, 0.1) is 41.5 Å². The van der Waals surface area contributed by atoms with Gasteiger partial charge in [0.2, 0.25) is 0 Å². The number of benzene rings is 4. The maximum atomic E-state index is 10.6. The topological polar surface area (TPSA) is 40.5 Å². The smallest absolute Gasteiger partial charge is 0.121 e. The maximum absolute atomic E-state index is 10.6. The Morgan fingerprint density at radius 3 is 1.58 bits per heavy atom. The van der Waals surface area contributed by atoms with E-state index in [0.717, 1.165) is 33.4 Å². The van der Waals surface area contributed by atoms with Crippen molar-refractivity contribution in [2.24, 2.45) is 0 Å². The van der Waals surface area contributed by atoms with Crippen molar-refractivity contribution in [1.29, 1.82) is 0 Å². The number of phenols is 2. The van der Waals surface area contributed by atoms with Crippen LogP contribution in [-0.2, 0) is 0 Å². The minimum Gasteiger partial charge on any atom is -0.507 e. The predicted molar refractivity (Wildman–Crippen MR) is 130 cm³/mol. The molecule has 0 saturated carbocycles. The summed E-state index contributed by atoms with van der Waals surface area (Å²) in [5.41, 5.74) is 9.43.